The molecule has 0 spiro atoms. The van der Waals surface area contributed by atoms with E-state index in [9.17, 15) is 9.59 Å². The zero-order chi connectivity index (χ0) is 18.0. The number of amides is 1. The fraction of sp³-hybridized carbons (Fsp3) is 0.200. The number of anilines is 1. The van der Waals surface area contributed by atoms with Gasteiger partial charge in [-0.3, -0.25) is 4.79 Å². The minimum absolute atomic E-state index is 0.130. The molecule has 1 heterocycles. The molecule has 5 heteroatoms. The first-order valence-corrected chi connectivity index (χ1v) is 7.97. The number of carbonyl (C=O) groups excluding carboxylic acids is 1. The Bertz CT molecular complexity index is 1000. The summed E-state index contributed by atoms with van der Waals surface area (Å²) in [7, 11) is 0. The van der Waals surface area contributed by atoms with E-state index in [-0.39, 0.29) is 12.5 Å². The molecule has 0 aliphatic carbocycles. The van der Waals surface area contributed by atoms with Crippen LogP contribution in [-0.2, 0) is 4.79 Å². The fourth-order valence-corrected chi connectivity index (χ4v) is 2.56. The monoisotopic (exact) mass is 337 g/mol. The van der Waals surface area contributed by atoms with E-state index in [1.54, 1.807) is 12.1 Å². The number of carbonyl (C=O) groups is 1. The molecule has 1 aromatic heterocycles. The molecule has 5 nitrogen and oxygen atoms in total. The molecule has 0 atom stereocenters. The van der Waals surface area contributed by atoms with Gasteiger partial charge in [-0.1, -0.05) is 6.07 Å². The minimum Gasteiger partial charge on any atom is -0.484 e. The standard InChI is InChI=1S/C20H19NO4/c1-12-4-5-15(8-13(12)2)21-19(22)11-24-16-6-7-17-14(3)9-20(23)25-18(17)10-16/h4-10H,11H2,1-3H3,(H,21,22). The van der Waals surface area contributed by atoms with Crippen LogP contribution in [0.1, 0.15) is 16.7 Å². The highest BCUT2D eigenvalue weighted by atomic mass is 16.5. The number of ether oxygens (including phenoxy) is 1. The van der Waals surface area contributed by atoms with Gasteiger partial charge in [0.15, 0.2) is 6.61 Å². The summed E-state index contributed by atoms with van der Waals surface area (Å²) in [6.45, 7) is 5.72. The Balaban J connectivity index is 1.68. The van der Waals surface area contributed by atoms with E-state index in [0.29, 0.717) is 11.3 Å². The summed E-state index contributed by atoms with van der Waals surface area (Å²) >= 11 is 0. The zero-order valence-corrected chi connectivity index (χ0v) is 14.4. The van der Waals surface area contributed by atoms with Crippen LogP contribution < -0.4 is 15.7 Å². The predicted molar refractivity (Wildman–Crippen MR) is 97.3 cm³/mol. The van der Waals surface area contributed by atoms with Crippen molar-refractivity contribution < 1.29 is 13.9 Å². The normalized spacial score (nSPS) is 10.7. The van der Waals surface area contributed by atoms with Gasteiger partial charge in [0.1, 0.15) is 11.3 Å². The van der Waals surface area contributed by atoms with Crippen LogP contribution in [-0.4, -0.2) is 12.5 Å². The van der Waals surface area contributed by atoms with Gasteiger partial charge < -0.3 is 14.5 Å². The molecule has 0 bridgehead atoms. The van der Waals surface area contributed by atoms with E-state index in [0.717, 1.165) is 22.2 Å². The summed E-state index contributed by atoms with van der Waals surface area (Å²) in [6, 6.07) is 12.4. The summed E-state index contributed by atoms with van der Waals surface area (Å²) < 4.78 is 10.7. The van der Waals surface area contributed by atoms with Crippen LogP contribution in [0.4, 0.5) is 5.69 Å². The second-order valence-electron chi connectivity index (χ2n) is 6.04. The smallest absolute Gasteiger partial charge is 0.336 e. The number of hydrogen-bond donors (Lipinski definition) is 1. The molecule has 0 aliphatic heterocycles. The summed E-state index contributed by atoms with van der Waals surface area (Å²) in [5, 5.41) is 3.64. The van der Waals surface area contributed by atoms with Crippen molar-refractivity contribution in [2.45, 2.75) is 20.8 Å². The summed E-state index contributed by atoms with van der Waals surface area (Å²) in [5.41, 5.74) is 3.88. The number of hydrogen-bond acceptors (Lipinski definition) is 4. The number of benzene rings is 2. The molecular formula is C20H19NO4. The molecule has 128 valence electrons. The first kappa shape index (κ1) is 16.8. The van der Waals surface area contributed by atoms with Crippen molar-refractivity contribution >= 4 is 22.6 Å². The molecule has 3 aromatic rings. The van der Waals surface area contributed by atoms with E-state index in [1.807, 2.05) is 45.0 Å². The lowest BCUT2D eigenvalue weighted by atomic mass is 10.1. The summed E-state index contributed by atoms with van der Waals surface area (Å²) in [4.78, 5) is 23.5. The van der Waals surface area contributed by atoms with Crippen LogP contribution in [0, 0.1) is 20.8 Å². The third kappa shape index (κ3) is 3.88. The average Bonchev–Trinajstić information content (AvgIpc) is 2.56. The molecule has 3 rings (SSSR count). The van der Waals surface area contributed by atoms with E-state index < -0.39 is 5.63 Å². The van der Waals surface area contributed by atoms with E-state index in [2.05, 4.69) is 5.32 Å². The molecule has 0 aliphatic rings. The van der Waals surface area contributed by atoms with Gasteiger partial charge >= 0.3 is 5.63 Å². The molecule has 0 saturated carbocycles. The van der Waals surface area contributed by atoms with Gasteiger partial charge in [0.2, 0.25) is 0 Å². The Hall–Kier alpha value is -3.08. The molecule has 1 N–H and O–H groups in total. The van der Waals surface area contributed by atoms with Gasteiger partial charge in [-0.25, -0.2) is 4.79 Å². The number of aryl methyl sites for hydroxylation is 3. The van der Waals surface area contributed by atoms with Gasteiger partial charge in [-0.05, 0) is 61.7 Å². The first-order chi connectivity index (χ1) is 11.9. The van der Waals surface area contributed by atoms with Crippen molar-refractivity contribution in [2.75, 3.05) is 11.9 Å². The average molecular weight is 337 g/mol. The molecule has 0 unspecified atom stereocenters. The Kier molecular flexibility index (Phi) is 4.57. The van der Waals surface area contributed by atoms with Gasteiger partial charge in [-0.15, -0.1) is 0 Å². The maximum atomic E-state index is 12.0. The Morgan fingerprint density at radius 3 is 2.56 bits per heavy atom. The van der Waals surface area contributed by atoms with Crippen molar-refractivity contribution in [2.24, 2.45) is 0 Å². The van der Waals surface area contributed by atoms with Crippen LogP contribution in [0.2, 0.25) is 0 Å². The summed E-state index contributed by atoms with van der Waals surface area (Å²) in [5.74, 6) is 0.213. The summed E-state index contributed by atoms with van der Waals surface area (Å²) in [6.07, 6.45) is 0. The van der Waals surface area contributed by atoms with E-state index in [1.165, 1.54) is 11.6 Å². The lowest BCUT2D eigenvalue weighted by Gasteiger charge is -2.09. The van der Waals surface area contributed by atoms with Crippen molar-refractivity contribution in [1.29, 1.82) is 0 Å². The van der Waals surface area contributed by atoms with Gasteiger partial charge in [-0.2, -0.15) is 0 Å². The second-order valence-corrected chi connectivity index (χ2v) is 6.04. The van der Waals surface area contributed by atoms with E-state index >= 15 is 0 Å². The predicted octanol–water partition coefficient (Wildman–Crippen LogP) is 3.74. The minimum atomic E-state index is -0.408. The van der Waals surface area contributed by atoms with Gasteiger partial charge in [0.25, 0.3) is 5.91 Å². The maximum Gasteiger partial charge on any atom is 0.336 e. The van der Waals surface area contributed by atoms with Crippen LogP contribution in [0.3, 0.4) is 0 Å². The molecular weight excluding hydrogens is 318 g/mol. The van der Waals surface area contributed by atoms with Crippen LogP contribution in [0.15, 0.2) is 51.7 Å². The Morgan fingerprint density at radius 1 is 1.00 bits per heavy atom. The fourth-order valence-electron chi connectivity index (χ4n) is 2.56. The topological polar surface area (TPSA) is 68.5 Å². The molecule has 0 saturated heterocycles. The molecule has 0 fully saturated rings. The second kappa shape index (κ2) is 6.81. The van der Waals surface area contributed by atoms with Crippen molar-refractivity contribution in [3.05, 3.63) is 69.6 Å². The van der Waals surface area contributed by atoms with Gasteiger partial charge in [0.05, 0.1) is 0 Å². The highest BCUT2D eigenvalue weighted by Crippen LogP contribution is 2.22. The quantitative estimate of drug-likeness (QED) is 0.737. The third-order valence-electron chi connectivity index (χ3n) is 4.08. The number of rotatable bonds is 4. The van der Waals surface area contributed by atoms with Crippen LogP contribution in [0.25, 0.3) is 11.0 Å². The highest BCUT2D eigenvalue weighted by molar-refractivity contribution is 5.92. The molecule has 0 radical (unpaired) electrons. The van der Waals surface area contributed by atoms with Crippen LogP contribution in [0.5, 0.6) is 5.75 Å². The van der Waals surface area contributed by atoms with Crippen molar-refractivity contribution in [3.63, 3.8) is 0 Å². The lowest BCUT2D eigenvalue weighted by molar-refractivity contribution is -0.118. The molecule has 2 aromatic carbocycles. The van der Waals surface area contributed by atoms with Crippen molar-refractivity contribution in [1.82, 2.24) is 0 Å². The first-order valence-electron chi connectivity index (χ1n) is 7.97. The maximum absolute atomic E-state index is 12.0. The SMILES string of the molecule is Cc1ccc(NC(=O)COc2ccc3c(C)cc(=O)oc3c2)cc1C. The highest BCUT2D eigenvalue weighted by Gasteiger charge is 2.07. The number of nitrogens with one attached hydrogen (secondary N) is 1. The van der Waals surface area contributed by atoms with Crippen molar-refractivity contribution in [3.8, 4) is 5.75 Å². The molecule has 25 heavy (non-hydrogen) atoms. The Labute approximate surface area is 145 Å². The number of fused-ring (bicyclic) bond motifs is 1. The lowest BCUT2D eigenvalue weighted by Crippen LogP contribution is -2.20. The van der Waals surface area contributed by atoms with Gasteiger partial charge in [0, 0.05) is 23.2 Å². The Morgan fingerprint density at radius 2 is 1.80 bits per heavy atom. The third-order valence-corrected chi connectivity index (χ3v) is 4.08. The zero-order valence-electron chi connectivity index (χ0n) is 14.4. The van der Waals surface area contributed by atoms with E-state index in [4.69, 9.17) is 9.15 Å². The largest absolute Gasteiger partial charge is 0.484 e. The molecule has 1 amide bonds. The van der Waals surface area contributed by atoms with Crippen LogP contribution >= 0.6 is 0 Å².